The molecule has 3 rings (SSSR count). The highest BCUT2D eigenvalue weighted by atomic mass is 32.2. The molecule has 4 heteroatoms. The third kappa shape index (κ3) is 2.71. The molecule has 0 aromatic carbocycles. The fourth-order valence-electron chi connectivity index (χ4n) is 4.49. The minimum Gasteiger partial charge on any atom is -0.390 e. The first-order chi connectivity index (χ1) is 9.00. The molecule has 0 amide bonds. The highest BCUT2D eigenvalue weighted by molar-refractivity contribution is 7.93. The quantitative estimate of drug-likeness (QED) is 0.868. The number of rotatable bonds is 3. The van der Waals surface area contributed by atoms with Crippen LogP contribution in [0, 0.1) is 5.92 Å². The van der Waals surface area contributed by atoms with Gasteiger partial charge in [0.2, 0.25) is 0 Å². The lowest BCUT2D eigenvalue weighted by molar-refractivity contribution is 0.00610. The average molecular weight is 286 g/mol. The summed E-state index contributed by atoms with van der Waals surface area (Å²) in [5.41, 5.74) is -0.686. The maximum Gasteiger partial charge on any atom is 0.156 e. The van der Waals surface area contributed by atoms with Crippen molar-refractivity contribution >= 4 is 9.84 Å². The molecule has 1 saturated carbocycles. The van der Waals surface area contributed by atoms with Crippen LogP contribution in [0.3, 0.4) is 0 Å². The first-order valence-electron chi connectivity index (χ1n) is 7.95. The molecule has 2 heterocycles. The zero-order chi connectivity index (χ0) is 13.5. The van der Waals surface area contributed by atoms with Crippen molar-refractivity contribution in [1.29, 1.82) is 0 Å². The maximum absolute atomic E-state index is 12.1. The number of aliphatic hydroxyl groups is 1. The molecule has 0 radical (unpaired) electrons. The summed E-state index contributed by atoms with van der Waals surface area (Å²) in [5, 5.41) is 10.3. The van der Waals surface area contributed by atoms with E-state index in [-0.39, 0.29) is 10.5 Å². The summed E-state index contributed by atoms with van der Waals surface area (Å²) in [6.45, 7) is 0. The Morgan fingerprint density at radius 2 is 1.53 bits per heavy atom. The number of sulfone groups is 1. The first-order valence-corrected chi connectivity index (χ1v) is 9.56. The first kappa shape index (κ1) is 13.9. The standard InChI is InChI=1S/C15H26O3S/c16-15(9-8-12-4-2-1-3-5-12)10-13-6-7-14(11-15)19(13,17)18/h12-14,16H,1-11H2. The molecule has 2 saturated heterocycles. The lowest BCUT2D eigenvalue weighted by atomic mass is 9.80. The van der Waals surface area contributed by atoms with Gasteiger partial charge in [-0.2, -0.15) is 0 Å². The molecule has 0 spiro atoms. The van der Waals surface area contributed by atoms with Crippen LogP contribution >= 0.6 is 0 Å². The average Bonchev–Trinajstić information content (AvgIpc) is 2.57. The van der Waals surface area contributed by atoms with Crippen LogP contribution in [0.1, 0.15) is 70.6 Å². The third-order valence-corrected chi connectivity index (χ3v) is 8.36. The van der Waals surface area contributed by atoms with Crippen LogP contribution in [0.2, 0.25) is 0 Å². The second-order valence-electron chi connectivity index (χ2n) is 7.09. The summed E-state index contributed by atoms with van der Waals surface area (Å²) < 4.78 is 24.1. The molecule has 2 bridgehead atoms. The molecule has 3 aliphatic rings. The SMILES string of the molecule is O=S1(=O)C2CCC1CC(O)(CCC1CCCCC1)C2. The molecule has 1 aliphatic carbocycles. The van der Waals surface area contributed by atoms with Gasteiger partial charge in [0.05, 0.1) is 16.1 Å². The van der Waals surface area contributed by atoms with Crippen molar-refractivity contribution < 1.29 is 13.5 Å². The predicted molar refractivity (Wildman–Crippen MR) is 75.7 cm³/mol. The van der Waals surface area contributed by atoms with Gasteiger partial charge >= 0.3 is 0 Å². The Kier molecular flexibility index (Phi) is 3.67. The summed E-state index contributed by atoms with van der Waals surface area (Å²) >= 11 is 0. The highest BCUT2D eigenvalue weighted by Crippen LogP contribution is 2.45. The molecule has 2 unspecified atom stereocenters. The lowest BCUT2D eigenvalue weighted by Crippen LogP contribution is -2.45. The lowest BCUT2D eigenvalue weighted by Gasteiger charge is -2.37. The van der Waals surface area contributed by atoms with Gasteiger partial charge in [-0.25, -0.2) is 8.42 Å². The Labute approximate surface area is 116 Å². The molecule has 2 atom stereocenters. The Hall–Kier alpha value is -0.0900. The predicted octanol–water partition coefficient (Wildman–Crippen LogP) is 2.82. The molecule has 0 aromatic heterocycles. The minimum absolute atomic E-state index is 0.248. The molecular weight excluding hydrogens is 260 g/mol. The van der Waals surface area contributed by atoms with Gasteiger partial charge in [-0.1, -0.05) is 32.1 Å². The molecule has 110 valence electrons. The van der Waals surface area contributed by atoms with Gasteiger partial charge in [0, 0.05) is 0 Å². The van der Waals surface area contributed by atoms with E-state index in [1.54, 1.807) is 0 Å². The van der Waals surface area contributed by atoms with Crippen molar-refractivity contribution in [1.82, 2.24) is 0 Å². The van der Waals surface area contributed by atoms with E-state index in [9.17, 15) is 13.5 Å². The number of fused-ring (bicyclic) bond motifs is 2. The zero-order valence-electron chi connectivity index (χ0n) is 11.7. The minimum atomic E-state index is -2.90. The Morgan fingerprint density at radius 3 is 2.11 bits per heavy atom. The van der Waals surface area contributed by atoms with Crippen LogP contribution in [0.25, 0.3) is 0 Å². The normalized spacial score (nSPS) is 42.4. The van der Waals surface area contributed by atoms with E-state index >= 15 is 0 Å². The second-order valence-corrected chi connectivity index (χ2v) is 9.60. The Balaban J connectivity index is 1.59. The van der Waals surface area contributed by atoms with Crippen molar-refractivity contribution in [2.24, 2.45) is 5.92 Å². The molecule has 0 aromatic rings. The molecule has 3 fully saturated rings. The number of hydrogen-bond acceptors (Lipinski definition) is 3. The van der Waals surface area contributed by atoms with Gasteiger partial charge in [-0.05, 0) is 44.4 Å². The van der Waals surface area contributed by atoms with Crippen LogP contribution < -0.4 is 0 Å². The smallest absolute Gasteiger partial charge is 0.156 e. The van der Waals surface area contributed by atoms with Crippen LogP contribution in [0.15, 0.2) is 0 Å². The van der Waals surface area contributed by atoms with Gasteiger partial charge < -0.3 is 5.11 Å². The van der Waals surface area contributed by atoms with Crippen molar-refractivity contribution in [2.45, 2.75) is 86.7 Å². The summed E-state index contributed by atoms with van der Waals surface area (Å²) in [6.07, 6.45) is 11.1. The van der Waals surface area contributed by atoms with Gasteiger partial charge in [0.25, 0.3) is 0 Å². The fraction of sp³-hybridized carbons (Fsp3) is 1.00. The van der Waals surface area contributed by atoms with E-state index in [0.717, 1.165) is 31.6 Å². The van der Waals surface area contributed by atoms with Crippen LogP contribution in [0.4, 0.5) is 0 Å². The summed E-state index contributed by atoms with van der Waals surface area (Å²) in [6, 6.07) is 0. The summed E-state index contributed by atoms with van der Waals surface area (Å²) in [7, 11) is -2.90. The zero-order valence-corrected chi connectivity index (χ0v) is 12.5. The van der Waals surface area contributed by atoms with Crippen LogP contribution in [-0.4, -0.2) is 29.6 Å². The van der Waals surface area contributed by atoms with E-state index in [2.05, 4.69) is 0 Å². The fourth-order valence-corrected chi connectivity index (χ4v) is 7.05. The second kappa shape index (κ2) is 5.03. The van der Waals surface area contributed by atoms with Crippen molar-refractivity contribution in [2.75, 3.05) is 0 Å². The largest absolute Gasteiger partial charge is 0.390 e. The summed E-state index contributed by atoms with van der Waals surface area (Å²) in [4.78, 5) is 0. The monoisotopic (exact) mass is 286 g/mol. The van der Waals surface area contributed by atoms with E-state index in [0.29, 0.717) is 12.8 Å². The Bertz CT molecular complexity index is 403. The highest BCUT2D eigenvalue weighted by Gasteiger charge is 2.52. The summed E-state index contributed by atoms with van der Waals surface area (Å²) in [5.74, 6) is 0.772. The van der Waals surface area contributed by atoms with Crippen LogP contribution in [0.5, 0.6) is 0 Å². The third-order valence-electron chi connectivity index (χ3n) is 5.70. The van der Waals surface area contributed by atoms with Crippen molar-refractivity contribution in [3.8, 4) is 0 Å². The maximum atomic E-state index is 12.1. The Morgan fingerprint density at radius 1 is 0.947 bits per heavy atom. The van der Waals surface area contributed by atoms with Gasteiger partial charge in [0.15, 0.2) is 9.84 Å². The van der Waals surface area contributed by atoms with Gasteiger partial charge in [0.1, 0.15) is 0 Å². The van der Waals surface area contributed by atoms with E-state index < -0.39 is 15.4 Å². The molecule has 2 aliphatic heterocycles. The number of hydrogen-bond donors (Lipinski definition) is 1. The van der Waals surface area contributed by atoms with Crippen molar-refractivity contribution in [3.63, 3.8) is 0 Å². The van der Waals surface area contributed by atoms with Crippen molar-refractivity contribution in [3.05, 3.63) is 0 Å². The molecule has 19 heavy (non-hydrogen) atoms. The van der Waals surface area contributed by atoms with E-state index in [1.165, 1.54) is 32.1 Å². The molecular formula is C15H26O3S. The van der Waals surface area contributed by atoms with Crippen LogP contribution in [-0.2, 0) is 9.84 Å². The molecule has 1 N–H and O–H groups in total. The van der Waals surface area contributed by atoms with Gasteiger partial charge in [-0.15, -0.1) is 0 Å². The van der Waals surface area contributed by atoms with E-state index in [4.69, 9.17) is 0 Å². The van der Waals surface area contributed by atoms with Gasteiger partial charge in [-0.3, -0.25) is 0 Å². The van der Waals surface area contributed by atoms with E-state index in [1.807, 2.05) is 0 Å². The molecule has 3 nitrogen and oxygen atoms in total. The topological polar surface area (TPSA) is 54.4 Å².